The van der Waals surface area contributed by atoms with Crippen molar-refractivity contribution in [1.29, 1.82) is 5.26 Å². The summed E-state index contributed by atoms with van der Waals surface area (Å²) in [4.78, 5) is 4.19. The minimum Gasteiger partial charge on any atom is -0.439 e. The summed E-state index contributed by atoms with van der Waals surface area (Å²) in [6.45, 7) is 1.81. The highest BCUT2D eigenvalue weighted by Crippen LogP contribution is 2.22. The van der Waals surface area contributed by atoms with E-state index < -0.39 is 0 Å². The maximum absolute atomic E-state index is 8.77. The molecule has 4 nitrogen and oxygen atoms in total. The summed E-state index contributed by atoms with van der Waals surface area (Å²) in [7, 11) is 0. The number of rotatable bonds is 2. The summed E-state index contributed by atoms with van der Waals surface area (Å²) >= 11 is 0. The Morgan fingerprint density at radius 3 is 2.82 bits per heavy atom. The number of hydrogen-bond donors (Lipinski definition) is 1. The van der Waals surface area contributed by atoms with Crippen LogP contribution < -0.4 is 10.5 Å². The van der Waals surface area contributed by atoms with E-state index in [2.05, 4.69) is 11.1 Å². The smallest absolute Gasteiger partial charge is 0.219 e. The first-order valence-electron chi connectivity index (χ1n) is 5.10. The number of nitrogens with zero attached hydrogens (tertiary/aromatic N) is 2. The molecule has 84 valence electrons. The number of aryl methyl sites for hydroxylation is 1. The van der Waals surface area contributed by atoms with Gasteiger partial charge in [-0.05, 0) is 31.2 Å². The van der Waals surface area contributed by atoms with E-state index >= 15 is 0 Å². The van der Waals surface area contributed by atoms with Gasteiger partial charge in [0.1, 0.15) is 5.75 Å². The first kappa shape index (κ1) is 11.0. The maximum atomic E-state index is 8.77. The van der Waals surface area contributed by atoms with Crippen LogP contribution in [0, 0.1) is 18.3 Å². The van der Waals surface area contributed by atoms with Gasteiger partial charge in [0.15, 0.2) is 0 Å². The van der Waals surface area contributed by atoms with E-state index in [1.165, 1.54) is 0 Å². The van der Waals surface area contributed by atoms with Crippen LogP contribution in [0.15, 0.2) is 36.4 Å². The molecule has 0 spiro atoms. The molecule has 0 radical (unpaired) electrons. The molecule has 17 heavy (non-hydrogen) atoms. The quantitative estimate of drug-likeness (QED) is 0.852. The van der Waals surface area contributed by atoms with Crippen LogP contribution in [0.2, 0.25) is 0 Å². The van der Waals surface area contributed by atoms with Crippen molar-refractivity contribution in [1.82, 2.24) is 4.98 Å². The van der Waals surface area contributed by atoms with Crippen molar-refractivity contribution in [2.45, 2.75) is 6.92 Å². The van der Waals surface area contributed by atoms with Gasteiger partial charge >= 0.3 is 0 Å². The third-order valence-corrected chi connectivity index (χ3v) is 2.29. The van der Waals surface area contributed by atoms with Crippen molar-refractivity contribution in [2.24, 2.45) is 0 Å². The first-order valence-corrected chi connectivity index (χ1v) is 5.10. The van der Waals surface area contributed by atoms with E-state index in [0.29, 0.717) is 22.9 Å². The molecule has 1 aromatic heterocycles. The van der Waals surface area contributed by atoms with E-state index in [9.17, 15) is 0 Å². The number of aromatic nitrogens is 1. The fraction of sp³-hybridized carbons (Fsp3) is 0.0769. The Bertz CT molecular complexity index is 587. The number of anilines is 1. The minimum atomic E-state index is 0.465. The van der Waals surface area contributed by atoms with Crippen LogP contribution in [-0.2, 0) is 0 Å². The van der Waals surface area contributed by atoms with Crippen molar-refractivity contribution >= 4 is 5.69 Å². The van der Waals surface area contributed by atoms with Crippen LogP contribution in [0.3, 0.4) is 0 Å². The normalized spacial score (nSPS) is 9.65. The Kier molecular flexibility index (Phi) is 2.93. The predicted molar refractivity (Wildman–Crippen MR) is 64.6 cm³/mol. The Hall–Kier alpha value is -2.54. The van der Waals surface area contributed by atoms with Gasteiger partial charge in [-0.25, -0.2) is 4.98 Å². The van der Waals surface area contributed by atoms with Crippen molar-refractivity contribution in [2.75, 3.05) is 5.73 Å². The van der Waals surface area contributed by atoms with E-state index in [0.717, 1.165) is 5.69 Å². The zero-order valence-corrected chi connectivity index (χ0v) is 9.34. The van der Waals surface area contributed by atoms with E-state index in [1.54, 1.807) is 36.4 Å². The lowest BCUT2D eigenvalue weighted by molar-refractivity contribution is 0.462. The third kappa shape index (κ3) is 2.52. The summed E-state index contributed by atoms with van der Waals surface area (Å²) in [6, 6.07) is 12.4. The Morgan fingerprint density at radius 1 is 1.29 bits per heavy atom. The predicted octanol–water partition coefficient (Wildman–Crippen LogP) is 2.64. The fourth-order valence-corrected chi connectivity index (χ4v) is 1.36. The van der Waals surface area contributed by atoms with Crippen LogP contribution >= 0.6 is 0 Å². The molecular weight excluding hydrogens is 214 g/mol. The third-order valence-electron chi connectivity index (χ3n) is 2.29. The Morgan fingerprint density at radius 2 is 2.12 bits per heavy atom. The van der Waals surface area contributed by atoms with E-state index in [1.807, 2.05) is 6.92 Å². The van der Waals surface area contributed by atoms with Crippen LogP contribution in [0.5, 0.6) is 11.6 Å². The SMILES string of the molecule is Cc1nc(Oc2cccc(C#N)c2)ccc1N. The maximum Gasteiger partial charge on any atom is 0.219 e. The monoisotopic (exact) mass is 225 g/mol. The van der Waals surface area contributed by atoms with E-state index in [4.69, 9.17) is 15.7 Å². The summed E-state index contributed by atoms with van der Waals surface area (Å²) < 4.78 is 5.54. The second-order valence-electron chi connectivity index (χ2n) is 3.57. The molecule has 1 heterocycles. The highest BCUT2D eigenvalue weighted by Gasteiger charge is 2.02. The van der Waals surface area contributed by atoms with Gasteiger partial charge in [-0.15, -0.1) is 0 Å². The number of ether oxygens (including phenoxy) is 1. The number of hydrogen-bond acceptors (Lipinski definition) is 4. The second kappa shape index (κ2) is 4.54. The zero-order valence-electron chi connectivity index (χ0n) is 9.34. The fourth-order valence-electron chi connectivity index (χ4n) is 1.36. The molecule has 0 aliphatic heterocycles. The molecule has 0 aliphatic rings. The molecule has 2 N–H and O–H groups in total. The molecule has 0 fully saturated rings. The summed E-state index contributed by atoms with van der Waals surface area (Å²) in [6.07, 6.45) is 0. The average molecular weight is 225 g/mol. The van der Waals surface area contributed by atoms with Crippen molar-refractivity contribution in [3.63, 3.8) is 0 Å². The molecule has 0 bridgehead atoms. The number of benzene rings is 1. The van der Waals surface area contributed by atoms with Gasteiger partial charge in [0.05, 0.1) is 23.0 Å². The van der Waals surface area contributed by atoms with Crippen LogP contribution in [-0.4, -0.2) is 4.98 Å². The highest BCUT2D eigenvalue weighted by molar-refractivity contribution is 5.44. The number of nitrogen functional groups attached to an aromatic ring is 1. The molecule has 0 atom stereocenters. The molecule has 1 aromatic carbocycles. The molecule has 0 saturated heterocycles. The molecule has 0 saturated carbocycles. The van der Waals surface area contributed by atoms with Crippen LogP contribution in [0.1, 0.15) is 11.3 Å². The van der Waals surface area contributed by atoms with Crippen LogP contribution in [0.25, 0.3) is 0 Å². The molecule has 0 amide bonds. The highest BCUT2D eigenvalue weighted by atomic mass is 16.5. The van der Waals surface area contributed by atoms with Gasteiger partial charge in [-0.3, -0.25) is 0 Å². The second-order valence-corrected chi connectivity index (χ2v) is 3.57. The van der Waals surface area contributed by atoms with E-state index in [-0.39, 0.29) is 0 Å². The number of nitrogens with two attached hydrogens (primary N) is 1. The summed E-state index contributed by atoms with van der Waals surface area (Å²) in [5.41, 5.74) is 7.57. The van der Waals surface area contributed by atoms with Gasteiger partial charge in [0.2, 0.25) is 5.88 Å². The average Bonchev–Trinajstić information content (AvgIpc) is 2.34. The molecule has 4 heteroatoms. The largest absolute Gasteiger partial charge is 0.439 e. The molecule has 2 aromatic rings. The van der Waals surface area contributed by atoms with Crippen molar-refractivity contribution in [3.8, 4) is 17.7 Å². The minimum absolute atomic E-state index is 0.465. The zero-order chi connectivity index (χ0) is 12.3. The van der Waals surface area contributed by atoms with Gasteiger partial charge in [-0.2, -0.15) is 5.26 Å². The lowest BCUT2D eigenvalue weighted by Crippen LogP contribution is -1.95. The van der Waals surface area contributed by atoms with Crippen LogP contribution in [0.4, 0.5) is 5.69 Å². The Labute approximate surface area is 99.3 Å². The topological polar surface area (TPSA) is 71.9 Å². The summed E-state index contributed by atoms with van der Waals surface area (Å²) in [5.74, 6) is 1.05. The lowest BCUT2D eigenvalue weighted by Gasteiger charge is -2.06. The van der Waals surface area contributed by atoms with Gasteiger partial charge in [-0.1, -0.05) is 6.07 Å². The number of nitriles is 1. The molecule has 0 unspecified atom stereocenters. The standard InChI is InChI=1S/C13H11N3O/c1-9-12(15)5-6-13(16-9)17-11-4-2-3-10(7-11)8-14/h2-7H,15H2,1H3. The van der Waals surface area contributed by atoms with Gasteiger partial charge in [0.25, 0.3) is 0 Å². The molecular formula is C13H11N3O. The van der Waals surface area contributed by atoms with Crippen molar-refractivity contribution < 1.29 is 4.74 Å². The summed E-state index contributed by atoms with van der Waals surface area (Å²) in [5, 5.41) is 8.77. The lowest BCUT2D eigenvalue weighted by atomic mass is 10.2. The first-order chi connectivity index (χ1) is 8.19. The van der Waals surface area contributed by atoms with Gasteiger partial charge in [0, 0.05) is 6.07 Å². The molecule has 2 rings (SSSR count). The van der Waals surface area contributed by atoms with Gasteiger partial charge < -0.3 is 10.5 Å². The molecule has 0 aliphatic carbocycles. The number of pyridine rings is 1. The Balaban J connectivity index is 2.25. The van der Waals surface area contributed by atoms with Crippen molar-refractivity contribution in [3.05, 3.63) is 47.7 Å².